The van der Waals surface area contributed by atoms with Crippen LogP contribution in [0.15, 0.2) is 18.5 Å². The SMILES string of the molecule is CSC(C)(C)CNC(=O)c1ccncc1C#CCN. The molecule has 0 saturated carbocycles. The molecule has 0 aromatic carbocycles. The Labute approximate surface area is 118 Å². The highest BCUT2D eigenvalue weighted by atomic mass is 32.2. The second-order valence-electron chi connectivity index (χ2n) is 4.57. The van der Waals surface area contributed by atoms with E-state index in [1.807, 2.05) is 6.26 Å². The van der Waals surface area contributed by atoms with E-state index in [1.165, 1.54) is 0 Å². The molecule has 1 rings (SSSR count). The lowest BCUT2D eigenvalue weighted by Gasteiger charge is -2.22. The Bertz CT molecular complexity index is 503. The van der Waals surface area contributed by atoms with Crippen LogP contribution in [0.1, 0.15) is 29.8 Å². The number of pyridine rings is 1. The molecule has 0 radical (unpaired) electrons. The second-order valence-corrected chi connectivity index (χ2v) is 6.09. The highest BCUT2D eigenvalue weighted by molar-refractivity contribution is 7.99. The molecular formula is C14H19N3OS. The number of nitrogens with zero attached hydrogens (tertiary/aromatic N) is 1. The van der Waals surface area contributed by atoms with Crippen LogP contribution >= 0.6 is 11.8 Å². The van der Waals surface area contributed by atoms with E-state index in [0.29, 0.717) is 17.7 Å². The molecule has 0 unspecified atom stereocenters. The van der Waals surface area contributed by atoms with E-state index in [2.05, 4.69) is 36.0 Å². The van der Waals surface area contributed by atoms with Gasteiger partial charge in [0.1, 0.15) is 0 Å². The highest BCUT2D eigenvalue weighted by Gasteiger charge is 2.18. The minimum Gasteiger partial charge on any atom is -0.351 e. The summed E-state index contributed by atoms with van der Waals surface area (Å²) >= 11 is 1.71. The molecule has 0 saturated heterocycles. The third kappa shape index (κ3) is 4.93. The van der Waals surface area contributed by atoms with Crippen molar-refractivity contribution in [3.63, 3.8) is 0 Å². The molecule has 0 bridgehead atoms. The molecule has 0 aliphatic heterocycles. The van der Waals surface area contributed by atoms with Gasteiger partial charge < -0.3 is 11.1 Å². The van der Waals surface area contributed by atoms with Crippen molar-refractivity contribution in [2.75, 3.05) is 19.3 Å². The van der Waals surface area contributed by atoms with Crippen molar-refractivity contribution in [2.45, 2.75) is 18.6 Å². The van der Waals surface area contributed by atoms with Crippen LogP contribution in [0.2, 0.25) is 0 Å². The molecule has 5 heteroatoms. The number of nitrogens with one attached hydrogen (secondary N) is 1. The fourth-order valence-electron chi connectivity index (χ4n) is 1.30. The van der Waals surface area contributed by atoms with Crippen LogP contribution in [-0.2, 0) is 0 Å². The predicted octanol–water partition coefficient (Wildman–Crippen LogP) is 1.26. The average molecular weight is 277 g/mol. The molecule has 1 amide bonds. The molecule has 1 heterocycles. The van der Waals surface area contributed by atoms with Crippen molar-refractivity contribution >= 4 is 17.7 Å². The molecule has 0 aliphatic carbocycles. The monoisotopic (exact) mass is 277 g/mol. The maximum atomic E-state index is 12.1. The zero-order valence-corrected chi connectivity index (χ0v) is 12.3. The summed E-state index contributed by atoms with van der Waals surface area (Å²) in [7, 11) is 0. The van der Waals surface area contributed by atoms with Crippen LogP contribution in [-0.4, -0.2) is 35.0 Å². The van der Waals surface area contributed by atoms with Gasteiger partial charge in [0.05, 0.1) is 17.7 Å². The first-order valence-electron chi connectivity index (χ1n) is 5.96. The summed E-state index contributed by atoms with van der Waals surface area (Å²) in [4.78, 5) is 16.1. The lowest BCUT2D eigenvalue weighted by Crippen LogP contribution is -2.36. The molecule has 3 N–H and O–H groups in total. The molecule has 0 fully saturated rings. The molecule has 1 aromatic heterocycles. The van der Waals surface area contributed by atoms with Crippen LogP contribution in [0, 0.1) is 11.8 Å². The maximum absolute atomic E-state index is 12.1. The number of carbonyl (C=O) groups is 1. The third-order valence-corrected chi connectivity index (χ3v) is 3.87. The molecular weight excluding hydrogens is 258 g/mol. The zero-order valence-electron chi connectivity index (χ0n) is 11.5. The van der Waals surface area contributed by atoms with Gasteiger partial charge in [-0.05, 0) is 26.2 Å². The van der Waals surface area contributed by atoms with Crippen molar-refractivity contribution < 1.29 is 4.79 Å². The van der Waals surface area contributed by atoms with Gasteiger partial charge in [-0.25, -0.2) is 0 Å². The van der Waals surface area contributed by atoms with Crippen molar-refractivity contribution in [1.29, 1.82) is 0 Å². The maximum Gasteiger partial charge on any atom is 0.252 e. The number of hydrogen-bond donors (Lipinski definition) is 2. The van der Waals surface area contributed by atoms with Gasteiger partial charge >= 0.3 is 0 Å². The predicted molar refractivity (Wildman–Crippen MR) is 80.1 cm³/mol. The van der Waals surface area contributed by atoms with Crippen molar-refractivity contribution in [3.8, 4) is 11.8 Å². The Morgan fingerprint density at radius 1 is 1.58 bits per heavy atom. The van der Waals surface area contributed by atoms with Gasteiger partial charge in [0.25, 0.3) is 5.91 Å². The fraction of sp³-hybridized carbons (Fsp3) is 0.429. The Morgan fingerprint density at radius 2 is 2.32 bits per heavy atom. The van der Waals surface area contributed by atoms with Gasteiger partial charge in [0.15, 0.2) is 0 Å². The first kappa shape index (κ1) is 15.5. The van der Waals surface area contributed by atoms with Gasteiger partial charge in [-0.15, -0.1) is 0 Å². The normalized spacial score (nSPS) is 10.5. The van der Waals surface area contributed by atoms with E-state index in [4.69, 9.17) is 5.73 Å². The van der Waals surface area contributed by atoms with Gasteiger partial charge in [0, 0.05) is 23.7 Å². The smallest absolute Gasteiger partial charge is 0.252 e. The molecule has 0 atom stereocenters. The van der Waals surface area contributed by atoms with Crippen LogP contribution in [0.5, 0.6) is 0 Å². The molecule has 19 heavy (non-hydrogen) atoms. The topological polar surface area (TPSA) is 68.0 Å². The number of amides is 1. The second kappa shape index (κ2) is 7.17. The van der Waals surface area contributed by atoms with Crippen LogP contribution in [0.3, 0.4) is 0 Å². The largest absolute Gasteiger partial charge is 0.351 e. The minimum absolute atomic E-state index is 0.00574. The number of carbonyl (C=O) groups excluding carboxylic acids is 1. The van der Waals surface area contributed by atoms with Gasteiger partial charge in [0.2, 0.25) is 0 Å². The average Bonchev–Trinajstić information content (AvgIpc) is 2.43. The summed E-state index contributed by atoms with van der Waals surface area (Å²) in [6.45, 7) is 5.02. The molecule has 1 aromatic rings. The standard InChI is InChI=1S/C14H19N3OS/c1-14(2,19-3)10-17-13(18)12-6-8-16-9-11(12)5-4-7-15/h6,8-9H,7,10,15H2,1-3H3,(H,17,18). The molecule has 0 aliphatic rings. The first-order valence-corrected chi connectivity index (χ1v) is 7.19. The summed E-state index contributed by atoms with van der Waals surface area (Å²) in [6, 6.07) is 1.67. The Kier molecular flexibility index (Phi) is 5.87. The number of hydrogen-bond acceptors (Lipinski definition) is 4. The van der Waals surface area contributed by atoms with Crippen LogP contribution < -0.4 is 11.1 Å². The Hall–Kier alpha value is -1.51. The quantitative estimate of drug-likeness (QED) is 0.813. The first-order chi connectivity index (χ1) is 9.00. The summed E-state index contributed by atoms with van der Waals surface area (Å²) in [5.74, 6) is 5.46. The van der Waals surface area contributed by atoms with Crippen molar-refractivity contribution in [1.82, 2.24) is 10.3 Å². The van der Waals surface area contributed by atoms with E-state index in [-0.39, 0.29) is 17.2 Å². The summed E-state index contributed by atoms with van der Waals surface area (Å²) in [6.07, 6.45) is 5.19. The van der Waals surface area contributed by atoms with Gasteiger partial charge in [-0.3, -0.25) is 9.78 Å². The van der Waals surface area contributed by atoms with E-state index in [1.54, 1.807) is 30.2 Å². The Balaban J connectivity index is 2.83. The summed E-state index contributed by atoms with van der Waals surface area (Å²) < 4.78 is 0.00574. The van der Waals surface area contributed by atoms with Gasteiger partial charge in [-0.2, -0.15) is 11.8 Å². The molecule has 4 nitrogen and oxygen atoms in total. The molecule has 102 valence electrons. The number of aromatic nitrogens is 1. The van der Waals surface area contributed by atoms with Crippen molar-refractivity contribution in [2.24, 2.45) is 5.73 Å². The third-order valence-electron chi connectivity index (χ3n) is 2.62. The lowest BCUT2D eigenvalue weighted by molar-refractivity contribution is 0.0950. The Morgan fingerprint density at radius 3 is 2.95 bits per heavy atom. The summed E-state index contributed by atoms with van der Waals surface area (Å²) in [5.41, 5.74) is 6.48. The van der Waals surface area contributed by atoms with E-state index in [0.717, 1.165) is 0 Å². The molecule has 0 spiro atoms. The van der Waals surface area contributed by atoms with Crippen LogP contribution in [0.4, 0.5) is 0 Å². The number of nitrogens with two attached hydrogens (primary N) is 1. The zero-order chi connectivity index (χ0) is 14.3. The minimum atomic E-state index is -0.133. The van der Waals surface area contributed by atoms with E-state index < -0.39 is 0 Å². The fourth-order valence-corrected chi connectivity index (χ4v) is 1.52. The highest BCUT2D eigenvalue weighted by Crippen LogP contribution is 2.19. The number of thioether (sulfide) groups is 1. The van der Waals surface area contributed by atoms with Crippen molar-refractivity contribution in [3.05, 3.63) is 29.6 Å². The van der Waals surface area contributed by atoms with E-state index >= 15 is 0 Å². The van der Waals surface area contributed by atoms with Gasteiger partial charge in [-0.1, -0.05) is 11.8 Å². The van der Waals surface area contributed by atoms with E-state index in [9.17, 15) is 4.79 Å². The summed E-state index contributed by atoms with van der Waals surface area (Å²) in [5, 5.41) is 2.92. The van der Waals surface area contributed by atoms with Crippen LogP contribution in [0.25, 0.3) is 0 Å². The number of rotatable bonds is 4. The lowest BCUT2D eigenvalue weighted by atomic mass is 10.1.